The summed E-state index contributed by atoms with van der Waals surface area (Å²) >= 11 is 0. The van der Waals surface area contributed by atoms with Crippen LogP contribution in [0.4, 0.5) is 4.79 Å². The molecule has 0 aromatic carbocycles. The largest absolute Gasteiger partial charge is 0.478 e. The van der Waals surface area contributed by atoms with E-state index in [-0.39, 0.29) is 26.2 Å². The van der Waals surface area contributed by atoms with Gasteiger partial charge in [0.2, 0.25) is 10.0 Å². The van der Waals surface area contributed by atoms with Crippen LogP contribution in [0.3, 0.4) is 0 Å². The number of hydrogen-bond acceptors (Lipinski definition) is 5. The molecule has 0 spiro atoms. The first-order valence-electron chi connectivity index (χ1n) is 5.66. The van der Waals surface area contributed by atoms with E-state index >= 15 is 0 Å². The number of amides is 3. The van der Waals surface area contributed by atoms with E-state index in [9.17, 15) is 22.8 Å². The van der Waals surface area contributed by atoms with Crippen LogP contribution in [0.15, 0.2) is 12.2 Å². The number of aliphatic carboxylic acids is 1. The van der Waals surface area contributed by atoms with Gasteiger partial charge in [-0.05, 0) is 0 Å². The maximum atomic E-state index is 11.7. The number of nitrogens with one attached hydrogen (secondary N) is 1. The number of imide groups is 1. The Morgan fingerprint density at radius 1 is 1.10 bits per heavy atom. The standard InChI is InChI=1S/C10H15N3O6S/c1-20(18,19)13-6-4-12(5-7-13)10(17)11-8(14)2-3-9(15)16/h2-3H,4-7H2,1H3,(H,15,16)(H,11,14,17). The summed E-state index contributed by atoms with van der Waals surface area (Å²) in [7, 11) is -3.28. The number of carboxylic acid groups (broad SMARTS) is 1. The van der Waals surface area contributed by atoms with E-state index in [4.69, 9.17) is 5.11 Å². The molecule has 0 atom stereocenters. The van der Waals surface area contributed by atoms with Gasteiger partial charge in [0.1, 0.15) is 0 Å². The van der Waals surface area contributed by atoms with Crippen LogP contribution in [-0.2, 0) is 19.6 Å². The third kappa shape index (κ3) is 4.97. The van der Waals surface area contributed by atoms with Gasteiger partial charge in [-0.2, -0.15) is 4.31 Å². The smallest absolute Gasteiger partial charge is 0.328 e. The van der Waals surface area contributed by atoms with Crippen LogP contribution in [0, 0.1) is 0 Å². The van der Waals surface area contributed by atoms with E-state index in [2.05, 4.69) is 0 Å². The van der Waals surface area contributed by atoms with E-state index in [1.807, 2.05) is 5.32 Å². The molecule has 112 valence electrons. The highest BCUT2D eigenvalue weighted by atomic mass is 32.2. The predicted molar refractivity (Wildman–Crippen MR) is 68.3 cm³/mol. The summed E-state index contributed by atoms with van der Waals surface area (Å²) in [6.45, 7) is 0.639. The number of carboxylic acids is 1. The van der Waals surface area contributed by atoms with E-state index in [1.165, 1.54) is 9.21 Å². The molecule has 20 heavy (non-hydrogen) atoms. The normalized spacial score (nSPS) is 17.1. The second-order valence-corrected chi connectivity index (χ2v) is 6.10. The van der Waals surface area contributed by atoms with Crippen molar-refractivity contribution in [2.75, 3.05) is 32.4 Å². The van der Waals surface area contributed by atoms with Crippen LogP contribution >= 0.6 is 0 Å². The van der Waals surface area contributed by atoms with Gasteiger partial charge in [-0.15, -0.1) is 0 Å². The average molecular weight is 305 g/mol. The molecule has 2 N–H and O–H groups in total. The van der Waals surface area contributed by atoms with Crippen molar-refractivity contribution in [1.82, 2.24) is 14.5 Å². The third-order valence-electron chi connectivity index (χ3n) is 2.60. The number of piperazine rings is 1. The molecule has 0 aromatic heterocycles. The molecule has 0 aromatic rings. The molecule has 0 radical (unpaired) electrons. The number of hydrogen-bond donors (Lipinski definition) is 2. The highest BCUT2D eigenvalue weighted by molar-refractivity contribution is 7.88. The molecule has 1 rings (SSSR count). The molecule has 0 unspecified atom stereocenters. The number of nitrogens with zero attached hydrogens (tertiary/aromatic N) is 2. The maximum absolute atomic E-state index is 11.7. The van der Waals surface area contributed by atoms with Gasteiger partial charge in [-0.1, -0.05) is 0 Å². The van der Waals surface area contributed by atoms with E-state index in [1.54, 1.807) is 0 Å². The molecule has 9 nitrogen and oxygen atoms in total. The van der Waals surface area contributed by atoms with Gasteiger partial charge in [-0.25, -0.2) is 18.0 Å². The summed E-state index contributed by atoms with van der Waals surface area (Å²) in [6.07, 6.45) is 2.43. The van der Waals surface area contributed by atoms with Gasteiger partial charge in [0, 0.05) is 38.3 Å². The van der Waals surface area contributed by atoms with Gasteiger partial charge in [0.05, 0.1) is 6.26 Å². The fourth-order valence-corrected chi connectivity index (χ4v) is 2.42. The molecule has 1 saturated heterocycles. The lowest BCUT2D eigenvalue weighted by Crippen LogP contribution is -2.53. The third-order valence-corrected chi connectivity index (χ3v) is 3.91. The summed E-state index contributed by atoms with van der Waals surface area (Å²) in [4.78, 5) is 34.3. The van der Waals surface area contributed by atoms with Crippen molar-refractivity contribution in [3.8, 4) is 0 Å². The molecule has 1 aliphatic heterocycles. The highest BCUT2D eigenvalue weighted by Crippen LogP contribution is 2.05. The molecule has 10 heteroatoms. The Hall–Kier alpha value is -1.94. The molecular weight excluding hydrogens is 290 g/mol. The number of carbonyl (C=O) groups excluding carboxylic acids is 2. The van der Waals surface area contributed by atoms with Crippen molar-refractivity contribution >= 4 is 27.9 Å². The lowest BCUT2D eigenvalue weighted by molar-refractivity contribution is -0.131. The second-order valence-electron chi connectivity index (χ2n) is 4.12. The van der Waals surface area contributed by atoms with Gasteiger partial charge < -0.3 is 10.0 Å². The Bertz CT molecular complexity index is 533. The van der Waals surface area contributed by atoms with Crippen molar-refractivity contribution in [2.24, 2.45) is 0 Å². The molecule has 0 saturated carbocycles. The van der Waals surface area contributed by atoms with Crippen LogP contribution in [0.2, 0.25) is 0 Å². The Labute approximate surface area is 115 Å². The summed E-state index contributed by atoms with van der Waals surface area (Å²) < 4.78 is 23.8. The molecule has 1 fully saturated rings. The van der Waals surface area contributed by atoms with Gasteiger partial charge in [0.15, 0.2) is 0 Å². The topological polar surface area (TPSA) is 124 Å². The van der Waals surface area contributed by atoms with Crippen molar-refractivity contribution in [3.05, 3.63) is 12.2 Å². The number of sulfonamides is 1. The molecule has 1 heterocycles. The molecular formula is C10H15N3O6S. The minimum atomic E-state index is -3.28. The summed E-state index contributed by atoms with van der Waals surface area (Å²) in [5, 5.41) is 10.3. The average Bonchev–Trinajstić information content (AvgIpc) is 2.35. The Kier molecular flexibility index (Phi) is 5.22. The monoisotopic (exact) mass is 305 g/mol. The second kappa shape index (κ2) is 6.48. The lowest BCUT2D eigenvalue weighted by atomic mass is 10.4. The van der Waals surface area contributed by atoms with Crippen molar-refractivity contribution in [2.45, 2.75) is 0 Å². The summed E-state index contributed by atoms with van der Waals surface area (Å²) in [5.41, 5.74) is 0. The van der Waals surface area contributed by atoms with E-state index in [0.29, 0.717) is 6.08 Å². The fourth-order valence-electron chi connectivity index (χ4n) is 1.60. The Morgan fingerprint density at radius 3 is 2.10 bits per heavy atom. The van der Waals surface area contributed by atoms with Crippen molar-refractivity contribution in [1.29, 1.82) is 0 Å². The SMILES string of the molecule is CS(=O)(=O)N1CCN(C(=O)NC(=O)C=CC(=O)O)CC1. The first kappa shape index (κ1) is 16.1. The molecule has 1 aliphatic rings. The van der Waals surface area contributed by atoms with Gasteiger partial charge >= 0.3 is 12.0 Å². The zero-order chi connectivity index (χ0) is 15.3. The number of carbonyl (C=O) groups is 3. The highest BCUT2D eigenvalue weighted by Gasteiger charge is 2.26. The first-order chi connectivity index (χ1) is 9.20. The minimum Gasteiger partial charge on any atom is -0.478 e. The quantitative estimate of drug-likeness (QED) is 0.608. The van der Waals surface area contributed by atoms with Gasteiger partial charge in [0.25, 0.3) is 5.91 Å². The zero-order valence-electron chi connectivity index (χ0n) is 10.8. The molecule has 0 bridgehead atoms. The molecule has 0 aliphatic carbocycles. The van der Waals surface area contributed by atoms with Crippen molar-refractivity contribution < 1.29 is 27.9 Å². The van der Waals surface area contributed by atoms with Crippen LogP contribution < -0.4 is 5.32 Å². The predicted octanol–water partition coefficient (Wildman–Crippen LogP) is -1.56. The number of urea groups is 1. The first-order valence-corrected chi connectivity index (χ1v) is 7.51. The Morgan fingerprint density at radius 2 is 1.65 bits per heavy atom. The maximum Gasteiger partial charge on any atom is 0.328 e. The molecule has 3 amide bonds. The minimum absolute atomic E-state index is 0.158. The van der Waals surface area contributed by atoms with Crippen molar-refractivity contribution in [3.63, 3.8) is 0 Å². The fraction of sp³-hybridized carbons (Fsp3) is 0.500. The van der Waals surface area contributed by atoms with E-state index in [0.717, 1.165) is 12.3 Å². The zero-order valence-corrected chi connectivity index (χ0v) is 11.6. The lowest BCUT2D eigenvalue weighted by Gasteiger charge is -2.32. The van der Waals surface area contributed by atoms with Crippen LogP contribution in [0.25, 0.3) is 0 Å². The summed E-state index contributed by atoms with van der Waals surface area (Å²) in [6, 6.07) is -0.682. The summed E-state index contributed by atoms with van der Waals surface area (Å²) in [5.74, 6) is -2.14. The van der Waals surface area contributed by atoms with Gasteiger partial charge in [-0.3, -0.25) is 10.1 Å². The van der Waals surface area contributed by atoms with Crippen LogP contribution in [-0.4, -0.2) is 73.1 Å². The number of rotatable bonds is 3. The van der Waals surface area contributed by atoms with Crippen LogP contribution in [0.1, 0.15) is 0 Å². The van der Waals surface area contributed by atoms with Crippen LogP contribution in [0.5, 0.6) is 0 Å². The Balaban J connectivity index is 2.47. The van der Waals surface area contributed by atoms with E-state index < -0.39 is 27.9 Å².